The average molecular weight is 286 g/mol. The summed E-state index contributed by atoms with van der Waals surface area (Å²) in [4.78, 5) is 15.2. The summed E-state index contributed by atoms with van der Waals surface area (Å²) in [6.45, 7) is 1.79. The molecule has 0 unspecified atom stereocenters. The maximum Gasteiger partial charge on any atom is 0.261 e. The van der Waals surface area contributed by atoms with Gasteiger partial charge < -0.3 is 10.2 Å². The minimum atomic E-state index is 0.0416. The van der Waals surface area contributed by atoms with Crippen molar-refractivity contribution in [3.8, 4) is 0 Å². The van der Waals surface area contributed by atoms with Crippen LogP contribution in [-0.2, 0) is 0 Å². The molecule has 1 amide bonds. The molecule has 2 heterocycles. The molecule has 20 heavy (non-hydrogen) atoms. The van der Waals surface area contributed by atoms with E-state index >= 15 is 0 Å². The summed E-state index contributed by atoms with van der Waals surface area (Å²) in [7, 11) is 0. The van der Waals surface area contributed by atoms with E-state index in [0.29, 0.717) is 12.6 Å². The predicted molar refractivity (Wildman–Crippen MR) is 83.5 cm³/mol. The molecule has 0 spiro atoms. The number of thiophene rings is 1. The van der Waals surface area contributed by atoms with Crippen molar-refractivity contribution in [2.75, 3.05) is 18.0 Å². The number of anilines is 1. The standard InChI is InChI=1S/C16H18N2OS/c19-16(15-9-5-11-20-15)17-12-14-8-4-10-18(14)13-6-2-1-3-7-13/h1-3,5-7,9,11,14H,4,8,10,12H2,(H,17,19)/t14-/m0/s1. The molecule has 3 nitrogen and oxygen atoms in total. The van der Waals surface area contributed by atoms with Gasteiger partial charge in [0.25, 0.3) is 5.91 Å². The van der Waals surface area contributed by atoms with Crippen molar-refractivity contribution >= 4 is 22.9 Å². The fraction of sp³-hybridized carbons (Fsp3) is 0.312. The van der Waals surface area contributed by atoms with Gasteiger partial charge in [0.15, 0.2) is 0 Å². The molecule has 0 bridgehead atoms. The third-order valence-electron chi connectivity index (χ3n) is 3.71. The van der Waals surface area contributed by atoms with E-state index in [-0.39, 0.29) is 5.91 Å². The monoisotopic (exact) mass is 286 g/mol. The molecule has 2 aromatic rings. The SMILES string of the molecule is O=C(NC[C@@H]1CCCN1c1ccccc1)c1cccs1. The molecule has 1 N–H and O–H groups in total. The topological polar surface area (TPSA) is 32.3 Å². The quantitative estimate of drug-likeness (QED) is 0.936. The maximum atomic E-state index is 12.0. The van der Waals surface area contributed by atoms with Crippen molar-refractivity contribution in [3.05, 3.63) is 52.7 Å². The molecule has 0 saturated carbocycles. The molecule has 0 aliphatic carbocycles. The zero-order valence-corrected chi connectivity index (χ0v) is 12.1. The molecule has 1 aliphatic rings. The molecule has 104 valence electrons. The number of carbonyl (C=O) groups is 1. The highest BCUT2D eigenvalue weighted by Gasteiger charge is 2.25. The molecule has 1 aromatic heterocycles. The Hall–Kier alpha value is -1.81. The number of benzene rings is 1. The van der Waals surface area contributed by atoms with E-state index in [4.69, 9.17) is 0 Å². The summed E-state index contributed by atoms with van der Waals surface area (Å²) in [5.41, 5.74) is 1.25. The first-order valence-corrected chi connectivity index (χ1v) is 7.86. The van der Waals surface area contributed by atoms with E-state index in [9.17, 15) is 4.79 Å². The van der Waals surface area contributed by atoms with Crippen molar-refractivity contribution in [1.29, 1.82) is 0 Å². The Labute approximate surface area is 123 Å². The highest BCUT2D eigenvalue weighted by Crippen LogP contribution is 2.24. The van der Waals surface area contributed by atoms with Crippen LogP contribution in [0.4, 0.5) is 5.69 Å². The van der Waals surface area contributed by atoms with Crippen molar-refractivity contribution in [2.45, 2.75) is 18.9 Å². The van der Waals surface area contributed by atoms with Crippen molar-refractivity contribution in [2.24, 2.45) is 0 Å². The van der Waals surface area contributed by atoms with Crippen molar-refractivity contribution in [1.82, 2.24) is 5.32 Å². The molecule has 1 atom stereocenters. The maximum absolute atomic E-state index is 12.0. The highest BCUT2D eigenvalue weighted by atomic mass is 32.1. The van der Waals surface area contributed by atoms with Gasteiger partial charge in [-0.05, 0) is 36.4 Å². The smallest absolute Gasteiger partial charge is 0.261 e. The van der Waals surface area contributed by atoms with Gasteiger partial charge in [-0.25, -0.2) is 0 Å². The number of nitrogens with one attached hydrogen (secondary N) is 1. The first-order valence-electron chi connectivity index (χ1n) is 6.98. The van der Waals surface area contributed by atoms with Crippen molar-refractivity contribution < 1.29 is 4.79 Å². The van der Waals surface area contributed by atoms with E-state index in [1.165, 1.54) is 23.4 Å². The number of rotatable bonds is 4. The Morgan fingerprint density at radius 3 is 2.85 bits per heavy atom. The van der Waals surface area contributed by atoms with E-state index in [2.05, 4.69) is 34.5 Å². The average Bonchev–Trinajstić information content (AvgIpc) is 3.17. The molecule has 4 heteroatoms. The second-order valence-electron chi connectivity index (χ2n) is 5.01. The van der Waals surface area contributed by atoms with Crippen LogP contribution in [-0.4, -0.2) is 25.0 Å². The van der Waals surface area contributed by atoms with Crippen LogP contribution in [0.2, 0.25) is 0 Å². The van der Waals surface area contributed by atoms with Gasteiger partial charge in [0.2, 0.25) is 0 Å². The Balaban J connectivity index is 1.61. The zero-order chi connectivity index (χ0) is 13.8. The number of hydrogen-bond acceptors (Lipinski definition) is 3. The van der Waals surface area contributed by atoms with Gasteiger partial charge in [-0.2, -0.15) is 0 Å². The number of amides is 1. The lowest BCUT2D eigenvalue weighted by Gasteiger charge is -2.27. The van der Waals surface area contributed by atoms with Gasteiger partial charge in [-0.1, -0.05) is 24.3 Å². The first kappa shape index (κ1) is 13.2. The summed E-state index contributed by atoms with van der Waals surface area (Å²) in [5, 5.41) is 4.99. The third kappa shape index (κ3) is 2.85. The molecule has 1 aliphatic heterocycles. The third-order valence-corrected chi connectivity index (χ3v) is 4.58. The van der Waals surface area contributed by atoms with Crippen LogP contribution in [0, 0.1) is 0 Å². The van der Waals surface area contributed by atoms with Crippen LogP contribution in [0.5, 0.6) is 0 Å². The fourth-order valence-electron chi connectivity index (χ4n) is 2.71. The second kappa shape index (κ2) is 6.09. The number of hydrogen-bond donors (Lipinski definition) is 1. The second-order valence-corrected chi connectivity index (χ2v) is 5.96. The van der Waals surface area contributed by atoms with Crippen LogP contribution in [0.1, 0.15) is 22.5 Å². The lowest BCUT2D eigenvalue weighted by molar-refractivity contribution is 0.0955. The molecular weight excluding hydrogens is 268 g/mol. The Bertz CT molecular complexity index is 553. The number of carbonyl (C=O) groups excluding carboxylic acids is 1. The molecular formula is C16H18N2OS. The summed E-state index contributed by atoms with van der Waals surface area (Å²) in [6.07, 6.45) is 2.33. The normalized spacial score (nSPS) is 18.2. The lowest BCUT2D eigenvalue weighted by atomic mass is 10.2. The number of nitrogens with zero attached hydrogens (tertiary/aromatic N) is 1. The van der Waals surface area contributed by atoms with Crippen molar-refractivity contribution in [3.63, 3.8) is 0 Å². The minimum Gasteiger partial charge on any atom is -0.367 e. The van der Waals surface area contributed by atoms with Crippen LogP contribution in [0.3, 0.4) is 0 Å². The zero-order valence-electron chi connectivity index (χ0n) is 11.3. The van der Waals surface area contributed by atoms with Gasteiger partial charge in [0.1, 0.15) is 0 Å². The molecule has 1 saturated heterocycles. The molecule has 1 aromatic carbocycles. The van der Waals surface area contributed by atoms with Gasteiger partial charge in [-0.15, -0.1) is 11.3 Å². The van der Waals surface area contributed by atoms with Crippen LogP contribution >= 0.6 is 11.3 Å². The fourth-order valence-corrected chi connectivity index (χ4v) is 3.35. The largest absolute Gasteiger partial charge is 0.367 e. The van der Waals surface area contributed by atoms with Gasteiger partial charge in [-0.3, -0.25) is 4.79 Å². The minimum absolute atomic E-state index is 0.0416. The molecule has 3 rings (SSSR count). The Morgan fingerprint density at radius 2 is 2.10 bits per heavy atom. The van der Waals surface area contributed by atoms with Gasteiger partial charge in [0.05, 0.1) is 4.88 Å². The van der Waals surface area contributed by atoms with Gasteiger partial charge in [0, 0.05) is 24.8 Å². The molecule has 1 fully saturated rings. The van der Waals surface area contributed by atoms with Crippen LogP contribution in [0.15, 0.2) is 47.8 Å². The van der Waals surface area contributed by atoms with E-state index in [0.717, 1.165) is 17.8 Å². The highest BCUT2D eigenvalue weighted by molar-refractivity contribution is 7.12. The summed E-state index contributed by atoms with van der Waals surface area (Å²) in [6, 6.07) is 14.6. The predicted octanol–water partition coefficient (Wildman–Crippen LogP) is 3.15. The van der Waals surface area contributed by atoms with E-state index < -0.39 is 0 Å². The van der Waals surface area contributed by atoms with Gasteiger partial charge >= 0.3 is 0 Å². The Morgan fingerprint density at radius 1 is 1.25 bits per heavy atom. The van der Waals surface area contributed by atoms with E-state index in [1.54, 1.807) is 0 Å². The van der Waals surface area contributed by atoms with Crippen LogP contribution in [0.25, 0.3) is 0 Å². The summed E-state index contributed by atoms with van der Waals surface area (Å²) in [5.74, 6) is 0.0416. The Kier molecular flexibility index (Phi) is 4.02. The van der Waals surface area contributed by atoms with E-state index in [1.807, 2.05) is 23.6 Å². The summed E-state index contributed by atoms with van der Waals surface area (Å²) >= 11 is 1.49. The van der Waals surface area contributed by atoms with Crippen LogP contribution < -0.4 is 10.2 Å². The first-order chi connectivity index (χ1) is 9.84. The number of para-hydroxylation sites is 1. The summed E-state index contributed by atoms with van der Waals surface area (Å²) < 4.78 is 0. The molecule has 0 radical (unpaired) electrons. The lowest BCUT2D eigenvalue weighted by Crippen LogP contribution is -2.40.